The summed E-state index contributed by atoms with van der Waals surface area (Å²) in [6, 6.07) is 3.94. The van der Waals surface area contributed by atoms with E-state index in [-0.39, 0.29) is 0 Å². The van der Waals surface area contributed by atoms with Crippen molar-refractivity contribution in [1.29, 1.82) is 0 Å². The van der Waals surface area contributed by atoms with E-state index in [1.165, 1.54) is 19.5 Å². The van der Waals surface area contributed by atoms with Gasteiger partial charge in [0, 0.05) is 50.4 Å². The number of hydrogen-bond acceptors (Lipinski definition) is 5. The summed E-state index contributed by atoms with van der Waals surface area (Å²) in [6.07, 6.45) is 4.96. The maximum atomic E-state index is 4.33. The summed E-state index contributed by atoms with van der Waals surface area (Å²) >= 11 is 1.79. The predicted molar refractivity (Wildman–Crippen MR) is 94.3 cm³/mol. The molecule has 3 heterocycles. The van der Waals surface area contributed by atoms with Crippen LogP contribution in [-0.4, -0.2) is 50.0 Å². The Morgan fingerprint density at radius 1 is 1.22 bits per heavy atom. The summed E-state index contributed by atoms with van der Waals surface area (Å²) in [6.45, 7) is 8.29. The lowest BCUT2D eigenvalue weighted by Gasteiger charge is -2.34. The van der Waals surface area contributed by atoms with Crippen molar-refractivity contribution in [2.75, 3.05) is 25.4 Å². The molecule has 0 unspecified atom stereocenters. The van der Waals surface area contributed by atoms with Gasteiger partial charge in [-0.05, 0) is 30.4 Å². The molecule has 0 bridgehead atoms. The highest BCUT2D eigenvalue weighted by Crippen LogP contribution is 2.24. The van der Waals surface area contributed by atoms with Crippen LogP contribution in [0.1, 0.15) is 20.3 Å². The van der Waals surface area contributed by atoms with Crippen LogP contribution >= 0.6 is 11.8 Å². The van der Waals surface area contributed by atoms with E-state index >= 15 is 0 Å². The van der Waals surface area contributed by atoms with Gasteiger partial charge in [0.25, 0.3) is 0 Å². The van der Waals surface area contributed by atoms with Crippen LogP contribution in [0, 0.1) is 11.8 Å². The standard InChI is InChI=1S/C17H25N5S/c1-13-9-14(2)12-22(11-13)7-8-23-17-20-19-16(21(17)3)15-5-4-6-18-10-15/h4-6,10,13-14H,7-9,11-12H2,1-3H3/t13-,14+. The molecule has 0 spiro atoms. The highest BCUT2D eigenvalue weighted by Gasteiger charge is 2.21. The van der Waals surface area contributed by atoms with E-state index in [0.29, 0.717) is 0 Å². The quantitative estimate of drug-likeness (QED) is 0.788. The van der Waals surface area contributed by atoms with Crippen LogP contribution < -0.4 is 0 Å². The molecule has 124 valence electrons. The molecule has 0 aromatic carbocycles. The van der Waals surface area contributed by atoms with Gasteiger partial charge in [-0.2, -0.15) is 0 Å². The van der Waals surface area contributed by atoms with Gasteiger partial charge in [-0.3, -0.25) is 4.98 Å². The first-order valence-corrected chi connectivity index (χ1v) is 9.27. The zero-order valence-electron chi connectivity index (χ0n) is 14.1. The van der Waals surface area contributed by atoms with E-state index in [1.807, 2.05) is 25.4 Å². The fraction of sp³-hybridized carbons (Fsp3) is 0.588. The second-order valence-electron chi connectivity index (χ2n) is 6.66. The highest BCUT2D eigenvalue weighted by molar-refractivity contribution is 7.99. The van der Waals surface area contributed by atoms with Crippen LogP contribution in [0.4, 0.5) is 0 Å². The van der Waals surface area contributed by atoms with Crippen LogP contribution in [0.15, 0.2) is 29.7 Å². The number of pyridine rings is 1. The Hall–Kier alpha value is -1.40. The Bertz CT molecular complexity index is 617. The molecule has 2 atom stereocenters. The van der Waals surface area contributed by atoms with Gasteiger partial charge < -0.3 is 9.47 Å². The van der Waals surface area contributed by atoms with Crippen LogP contribution in [0.3, 0.4) is 0 Å². The zero-order chi connectivity index (χ0) is 16.2. The van der Waals surface area contributed by atoms with Crippen molar-refractivity contribution in [3.05, 3.63) is 24.5 Å². The van der Waals surface area contributed by atoms with E-state index in [4.69, 9.17) is 0 Å². The van der Waals surface area contributed by atoms with E-state index in [0.717, 1.165) is 40.7 Å². The number of hydrogen-bond donors (Lipinski definition) is 0. The Kier molecular flexibility index (Phi) is 5.33. The first-order valence-electron chi connectivity index (χ1n) is 8.28. The summed E-state index contributed by atoms with van der Waals surface area (Å²) in [5.41, 5.74) is 1.01. The average Bonchev–Trinajstić information content (AvgIpc) is 2.88. The van der Waals surface area contributed by atoms with Crippen molar-refractivity contribution >= 4 is 11.8 Å². The van der Waals surface area contributed by atoms with Crippen molar-refractivity contribution in [3.8, 4) is 11.4 Å². The molecule has 1 fully saturated rings. The van der Waals surface area contributed by atoms with E-state index in [2.05, 4.69) is 38.5 Å². The van der Waals surface area contributed by atoms with Crippen molar-refractivity contribution in [2.24, 2.45) is 18.9 Å². The summed E-state index contributed by atoms with van der Waals surface area (Å²) < 4.78 is 2.06. The third-order valence-electron chi connectivity index (χ3n) is 4.34. The molecule has 23 heavy (non-hydrogen) atoms. The summed E-state index contributed by atoms with van der Waals surface area (Å²) in [4.78, 5) is 6.74. The number of likely N-dealkylation sites (tertiary alicyclic amines) is 1. The Labute approximate surface area is 142 Å². The molecule has 0 aliphatic carbocycles. The topological polar surface area (TPSA) is 46.8 Å². The summed E-state index contributed by atoms with van der Waals surface area (Å²) in [5, 5.41) is 9.62. The number of nitrogens with zero attached hydrogens (tertiary/aromatic N) is 5. The second-order valence-corrected chi connectivity index (χ2v) is 7.72. The van der Waals surface area contributed by atoms with Gasteiger partial charge in [0.15, 0.2) is 11.0 Å². The van der Waals surface area contributed by atoms with Gasteiger partial charge in [0.05, 0.1) is 0 Å². The van der Waals surface area contributed by atoms with Crippen molar-refractivity contribution < 1.29 is 0 Å². The molecular weight excluding hydrogens is 306 g/mol. The maximum Gasteiger partial charge on any atom is 0.191 e. The fourth-order valence-corrected chi connectivity index (χ4v) is 4.34. The lowest BCUT2D eigenvalue weighted by atomic mass is 9.92. The monoisotopic (exact) mass is 331 g/mol. The van der Waals surface area contributed by atoms with Gasteiger partial charge in [-0.1, -0.05) is 25.6 Å². The first kappa shape index (κ1) is 16.5. The number of aromatic nitrogens is 4. The Balaban J connectivity index is 1.56. The Morgan fingerprint density at radius 3 is 2.70 bits per heavy atom. The molecule has 1 saturated heterocycles. The lowest BCUT2D eigenvalue weighted by molar-refractivity contribution is 0.149. The fourth-order valence-electron chi connectivity index (χ4n) is 3.43. The molecule has 2 aromatic rings. The lowest BCUT2D eigenvalue weighted by Crippen LogP contribution is -2.39. The molecule has 0 N–H and O–H groups in total. The molecule has 0 saturated carbocycles. The van der Waals surface area contributed by atoms with Crippen LogP contribution in [0.25, 0.3) is 11.4 Å². The third kappa shape index (κ3) is 4.12. The average molecular weight is 331 g/mol. The van der Waals surface area contributed by atoms with Crippen LogP contribution in [0.5, 0.6) is 0 Å². The molecule has 0 amide bonds. The number of thioether (sulfide) groups is 1. The van der Waals surface area contributed by atoms with Gasteiger partial charge in [-0.15, -0.1) is 10.2 Å². The molecular formula is C17H25N5S. The molecule has 6 heteroatoms. The van der Waals surface area contributed by atoms with Crippen molar-refractivity contribution in [1.82, 2.24) is 24.6 Å². The minimum atomic E-state index is 0.816. The molecule has 1 aliphatic rings. The van der Waals surface area contributed by atoms with Crippen LogP contribution in [-0.2, 0) is 7.05 Å². The van der Waals surface area contributed by atoms with E-state index in [1.54, 1.807) is 18.0 Å². The van der Waals surface area contributed by atoms with Gasteiger partial charge in [0.1, 0.15) is 0 Å². The molecule has 2 aromatic heterocycles. The number of rotatable bonds is 5. The molecule has 3 rings (SSSR count). The van der Waals surface area contributed by atoms with Gasteiger partial charge in [0.2, 0.25) is 0 Å². The molecule has 1 aliphatic heterocycles. The van der Waals surface area contributed by atoms with Crippen molar-refractivity contribution in [3.63, 3.8) is 0 Å². The van der Waals surface area contributed by atoms with E-state index < -0.39 is 0 Å². The third-order valence-corrected chi connectivity index (χ3v) is 5.34. The van der Waals surface area contributed by atoms with Crippen molar-refractivity contribution in [2.45, 2.75) is 25.4 Å². The highest BCUT2D eigenvalue weighted by atomic mass is 32.2. The normalized spacial score (nSPS) is 22.4. The summed E-state index contributed by atoms with van der Waals surface area (Å²) in [5.74, 6) is 3.56. The molecule has 0 radical (unpaired) electrons. The van der Waals surface area contributed by atoms with Crippen LogP contribution in [0.2, 0.25) is 0 Å². The Morgan fingerprint density at radius 2 is 2.00 bits per heavy atom. The smallest absolute Gasteiger partial charge is 0.191 e. The molecule has 5 nitrogen and oxygen atoms in total. The largest absolute Gasteiger partial charge is 0.305 e. The zero-order valence-corrected chi connectivity index (χ0v) is 15.0. The van der Waals surface area contributed by atoms with Gasteiger partial charge in [-0.25, -0.2) is 0 Å². The summed E-state index contributed by atoms with van der Waals surface area (Å²) in [7, 11) is 2.02. The number of piperidine rings is 1. The maximum absolute atomic E-state index is 4.33. The second kappa shape index (κ2) is 7.45. The van der Waals surface area contributed by atoms with E-state index in [9.17, 15) is 0 Å². The first-order chi connectivity index (χ1) is 11.1. The predicted octanol–water partition coefficient (Wildman–Crippen LogP) is 2.95. The SMILES string of the molecule is C[C@@H]1C[C@H](C)CN(CCSc2nnc(-c3cccnc3)n2C)C1. The van der Waals surface area contributed by atoms with Gasteiger partial charge >= 0.3 is 0 Å². The minimum Gasteiger partial charge on any atom is -0.305 e. The minimum absolute atomic E-state index is 0.816.